The summed E-state index contributed by atoms with van der Waals surface area (Å²) >= 11 is 1.45. The molecule has 0 spiro atoms. The van der Waals surface area contributed by atoms with Crippen LogP contribution in [-0.2, 0) is 15.0 Å². The zero-order chi connectivity index (χ0) is 21.8. The first-order chi connectivity index (χ1) is 15.0. The van der Waals surface area contributed by atoms with Crippen LogP contribution in [0.2, 0.25) is 0 Å². The Morgan fingerprint density at radius 2 is 1.81 bits per heavy atom. The van der Waals surface area contributed by atoms with Crippen LogP contribution in [0, 0.1) is 0 Å². The summed E-state index contributed by atoms with van der Waals surface area (Å²) in [4.78, 5) is 27.2. The number of carbonyl (C=O) groups excluding carboxylic acids is 2. The molecule has 1 N–H and O–H groups in total. The molecule has 0 aliphatic carbocycles. The molecule has 160 valence electrons. The molecule has 3 aromatic rings. The van der Waals surface area contributed by atoms with E-state index in [0.29, 0.717) is 36.8 Å². The Bertz CT molecular complexity index is 1080. The van der Waals surface area contributed by atoms with E-state index in [1.807, 2.05) is 60.9 Å². The molecule has 0 unspecified atom stereocenters. The van der Waals surface area contributed by atoms with Crippen LogP contribution in [-0.4, -0.2) is 56.3 Å². The highest BCUT2D eigenvalue weighted by molar-refractivity contribution is 7.98. The minimum absolute atomic E-state index is 0.0424. The smallest absolute Gasteiger partial charge is 0.235 e. The number of nitrogens with zero attached hydrogens (tertiary/aromatic N) is 5. The van der Waals surface area contributed by atoms with Gasteiger partial charge in [-0.15, -0.1) is 5.10 Å². The SMILES string of the molecule is CSc1nnnn1-c1cccc(NC(=O)C2(c3ccccc3)CCN(C(C)=O)CC2)c1. The summed E-state index contributed by atoms with van der Waals surface area (Å²) in [7, 11) is 0. The zero-order valence-electron chi connectivity index (χ0n) is 17.5. The molecule has 0 atom stereocenters. The van der Waals surface area contributed by atoms with Crippen molar-refractivity contribution < 1.29 is 9.59 Å². The summed E-state index contributed by atoms with van der Waals surface area (Å²) in [5, 5.41) is 15.5. The normalized spacial score (nSPS) is 15.5. The predicted octanol–water partition coefficient (Wildman–Crippen LogP) is 2.90. The van der Waals surface area contributed by atoms with Crippen molar-refractivity contribution >= 4 is 29.3 Å². The fourth-order valence-corrected chi connectivity index (χ4v) is 4.47. The summed E-state index contributed by atoms with van der Waals surface area (Å²) in [6.07, 6.45) is 3.06. The van der Waals surface area contributed by atoms with E-state index in [2.05, 4.69) is 20.8 Å². The molecule has 0 bridgehead atoms. The maximum Gasteiger partial charge on any atom is 0.235 e. The molecule has 8 nitrogen and oxygen atoms in total. The number of anilines is 1. The highest BCUT2D eigenvalue weighted by Gasteiger charge is 2.43. The van der Waals surface area contributed by atoms with E-state index in [1.165, 1.54) is 11.8 Å². The van der Waals surface area contributed by atoms with Crippen molar-refractivity contribution in [1.82, 2.24) is 25.1 Å². The van der Waals surface area contributed by atoms with Gasteiger partial charge in [0.25, 0.3) is 0 Å². The topological polar surface area (TPSA) is 93.0 Å². The monoisotopic (exact) mass is 436 g/mol. The van der Waals surface area contributed by atoms with Gasteiger partial charge in [0.1, 0.15) is 0 Å². The maximum atomic E-state index is 13.6. The van der Waals surface area contributed by atoms with Gasteiger partial charge in [-0.05, 0) is 53.3 Å². The van der Waals surface area contributed by atoms with Crippen molar-refractivity contribution in [2.24, 2.45) is 0 Å². The van der Waals surface area contributed by atoms with E-state index >= 15 is 0 Å². The number of amides is 2. The number of aromatic nitrogens is 4. The number of hydrogen-bond acceptors (Lipinski definition) is 6. The summed E-state index contributed by atoms with van der Waals surface area (Å²) < 4.78 is 1.64. The molecular formula is C22H24N6O2S. The van der Waals surface area contributed by atoms with E-state index in [1.54, 1.807) is 16.5 Å². The molecule has 1 aromatic heterocycles. The molecule has 1 aliphatic heterocycles. The number of tetrazole rings is 1. The van der Waals surface area contributed by atoms with E-state index in [9.17, 15) is 9.59 Å². The number of rotatable bonds is 5. The van der Waals surface area contributed by atoms with Crippen LogP contribution in [0.4, 0.5) is 5.69 Å². The molecular weight excluding hydrogens is 412 g/mol. The Balaban J connectivity index is 1.62. The highest BCUT2D eigenvalue weighted by atomic mass is 32.2. The Morgan fingerprint density at radius 1 is 1.06 bits per heavy atom. The molecule has 2 heterocycles. The zero-order valence-corrected chi connectivity index (χ0v) is 18.3. The number of likely N-dealkylation sites (tertiary alicyclic amines) is 1. The third-order valence-electron chi connectivity index (χ3n) is 5.80. The third-order valence-corrected chi connectivity index (χ3v) is 6.42. The lowest BCUT2D eigenvalue weighted by Gasteiger charge is -2.40. The van der Waals surface area contributed by atoms with E-state index in [4.69, 9.17) is 0 Å². The third kappa shape index (κ3) is 4.18. The quantitative estimate of drug-likeness (QED) is 0.618. The van der Waals surface area contributed by atoms with Crippen LogP contribution in [0.3, 0.4) is 0 Å². The van der Waals surface area contributed by atoms with Gasteiger partial charge in [0.15, 0.2) is 0 Å². The molecule has 1 aliphatic rings. The lowest BCUT2D eigenvalue weighted by molar-refractivity contribution is -0.133. The highest BCUT2D eigenvalue weighted by Crippen LogP contribution is 2.37. The van der Waals surface area contributed by atoms with Gasteiger partial charge in [-0.25, -0.2) is 0 Å². The van der Waals surface area contributed by atoms with Gasteiger partial charge >= 0.3 is 0 Å². The Labute approximate surface area is 185 Å². The first kappa shape index (κ1) is 21.0. The molecule has 31 heavy (non-hydrogen) atoms. The second kappa shape index (κ2) is 8.89. The molecule has 0 radical (unpaired) electrons. The fraction of sp³-hybridized carbons (Fsp3) is 0.318. The van der Waals surface area contributed by atoms with Gasteiger partial charge < -0.3 is 10.2 Å². The summed E-state index contributed by atoms with van der Waals surface area (Å²) in [5.41, 5.74) is 1.72. The number of benzene rings is 2. The molecule has 0 saturated carbocycles. The standard InChI is InChI=1S/C22H24N6O2S/c1-16(29)27-13-11-22(12-14-27,17-7-4-3-5-8-17)20(30)23-18-9-6-10-19(15-18)28-21(31-2)24-25-26-28/h3-10,15H,11-14H2,1-2H3,(H,23,30). The lowest BCUT2D eigenvalue weighted by atomic mass is 9.72. The average Bonchev–Trinajstić information content (AvgIpc) is 3.29. The average molecular weight is 437 g/mol. The van der Waals surface area contributed by atoms with Crippen LogP contribution in [0.5, 0.6) is 0 Å². The molecule has 1 saturated heterocycles. The number of hydrogen-bond donors (Lipinski definition) is 1. The summed E-state index contributed by atoms with van der Waals surface area (Å²) in [6.45, 7) is 2.68. The Hall–Kier alpha value is -3.20. The number of nitrogens with one attached hydrogen (secondary N) is 1. The van der Waals surface area contributed by atoms with E-state index in [-0.39, 0.29) is 11.8 Å². The summed E-state index contributed by atoms with van der Waals surface area (Å²) in [6, 6.07) is 17.3. The molecule has 2 aromatic carbocycles. The van der Waals surface area contributed by atoms with Gasteiger partial charge in [-0.1, -0.05) is 48.2 Å². The van der Waals surface area contributed by atoms with Crippen LogP contribution >= 0.6 is 11.8 Å². The molecule has 1 fully saturated rings. The van der Waals surface area contributed by atoms with Crippen molar-refractivity contribution in [2.45, 2.75) is 30.3 Å². The van der Waals surface area contributed by atoms with Crippen molar-refractivity contribution in [3.8, 4) is 5.69 Å². The second-order valence-electron chi connectivity index (χ2n) is 7.54. The minimum Gasteiger partial charge on any atom is -0.343 e. The van der Waals surface area contributed by atoms with Crippen LogP contribution < -0.4 is 5.32 Å². The van der Waals surface area contributed by atoms with Gasteiger partial charge in [0.05, 0.1) is 11.1 Å². The van der Waals surface area contributed by atoms with Crippen LogP contribution in [0.25, 0.3) is 5.69 Å². The summed E-state index contributed by atoms with van der Waals surface area (Å²) in [5.74, 6) is -0.0262. The molecule has 9 heteroatoms. The lowest BCUT2D eigenvalue weighted by Crippen LogP contribution is -2.50. The minimum atomic E-state index is -0.692. The van der Waals surface area contributed by atoms with Gasteiger partial charge in [0, 0.05) is 25.7 Å². The number of thioether (sulfide) groups is 1. The van der Waals surface area contributed by atoms with E-state index < -0.39 is 5.41 Å². The van der Waals surface area contributed by atoms with Gasteiger partial charge in [-0.3, -0.25) is 9.59 Å². The van der Waals surface area contributed by atoms with Crippen molar-refractivity contribution in [3.63, 3.8) is 0 Å². The predicted molar refractivity (Wildman–Crippen MR) is 119 cm³/mol. The number of carbonyl (C=O) groups is 2. The van der Waals surface area contributed by atoms with Crippen molar-refractivity contribution in [1.29, 1.82) is 0 Å². The molecule has 2 amide bonds. The first-order valence-corrected chi connectivity index (χ1v) is 11.3. The van der Waals surface area contributed by atoms with Crippen molar-refractivity contribution in [3.05, 3.63) is 60.2 Å². The molecule has 4 rings (SSSR count). The first-order valence-electron chi connectivity index (χ1n) is 10.1. The van der Waals surface area contributed by atoms with Gasteiger partial charge in [0.2, 0.25) is 17.0 Å². The van der Waals surface area contributed by atoms with Crippen molar-refractivity contribution in [2.75, 3.05) is 24.7 Å². The Kier molecular flexibility index (Phi) is 6.03. The largest absolute Gasteiger partial charge is 0.343 e. The van der Waals surface area contributed by atoms with Crippen LogP contribution in [0.1, 0.15) is 25.3 Å². The maximum absolute atomic E-state index is 13.6. The number of piperidine rings is 1. The van der Waals surface area contributed by atoms with Gasteiger partial charge in [-0.2, -0.15) is 4.68 Å². The fourth-order valence-electron chi connectivity index (χ4n) is 4.04. The Morgan fingerprint density at radius 3 is 2.48 bits per heavy atom. The van der Waals surface area contributed by atoms with Crippen LogP contribution in [0.15, 0.2) is 59.8 Å². The van der Waals surface area contributed by atoms with E-state index in [0.717, 1.165) is 11.3 Å². The second-order valence-corrected chi connectivity index (χ2v) is 8.31.